The Morgan fingerprint density at radius 3 is 2.48 bits per heavy atom. The number of amides is 1. The van der Waals surface area contributed by atoms with Crippen molar-refractivity contribution in [1.29, 1.82) is 0 Å². The number of benzene rings is 2. The molecular formula is C19H18N4O3S. The summed E-state index contributed by atoms with van der Waals surface area (Å²) in [7, 11) is -3.84. The maximum Gasteiger partial charge on any atom is 0.245 e. The molecule has 0 unspecified atom stereocenters. The fourth-order valence-electron chi connectivity index (χ4n) is 3.13. The number of nitrogens with zero attached hydrogens (tertiary/aromatic N) is 3. The fourth-order valence-corrected chi connectivity index (χ4v) is 4.69. The lowest BCUT2D eigenvalue weighted by atomic mass is 10.2. The molecule has 0 aliphatic carbocycles. The summed E-state index contributed by atoms with van der Waals surface area (Å²) in [4.78, 5) is 21.6. The van der Waals surface area contributed by atoms with Crippen LogP contribution in [0.1, 0.15) is 11.3 Å². The van der Waals surface area contributed by atoms with Crippen molar-refractivity contribution in [3.63, 3.8) is 0 Å². The Labute approximate surface area is 157 Å². The number of H-pyrrole nitrogens is 1. The lowest BCUT2D eigenvalue weighted by molar-refractivity contribution is -0.119. The number of aromatic amines is 1. The first kappa shape index (κ1) is 17.4. The number of carbonyl (C=O) groups is 1. The van der Waals surface area contributed by atoms with Crippen molar-refractivity contribution in [2.24, 2.45) is 0 Å². The van der Waals surface area contributed by atoms with Crippen molar-refractivity contribution in [1.82, 2.24) is 14.3 Å². The SMILES string of the molecule is O=C1CN(Cc2c[nH]cn2)S(=O)(=O)c2ccccc2N1Cc1ccccc1. The van der Waals surface area contributed by atoms with Gasteiger partial charge in [0.2, 0.25) is 15.9 Å². The molecule has 138 valence electrons. The predicted molar refractivity (Wildman–Crippen MR) is 100 cm³/mol. The monoisotopic (exact) mass is 382 g/mol. The average Bonchev–Trinajstić information content (AvgIpc) is 3.17. The third-order valence-electron chi connectivity index (χ3n) is 4.46. The van der Waals surface area contributed by atoms with Gasteiger partial charge in [-0.3, -0.25) is 4.79 Å². The molecule has 2 heterocycles. The van der Waals surface area contributed by atoms with Crippen molar-refractivity contribution in [3.05, 3.63) is 78.4 Å². The van der Waals surface area contributed by atoms with E-state index in [-0.39, 0.29) is 23.9 Å². The van der Waals surface area contributed by atoms with E-state index in [1.165, 1.54) is 15.5 Å². The van der Waals surface area contributed by atoms with Gasteiger partial charge in [-0.15, -0.1) is 0 Å². The Morgan fingerprint density at radius 2 is 1.74 bits per heavy atom. The van der Waals surface area contributed by atoms with Crippen LogP contribution in [0.4, 0.5) is 5.69 Å². The molecule has 0 saturated heterocycles. The van der Waals surface area contributed by atoms with Crippen LogP contribution in [0.2, 0.25) is 0 Å². The molecule has 1 aliphatic heterocycles. The normalized spacial score (nSPS) is 16.7. The molecule has 7 nitrogen and oxygen atoms in total. The molecule has 8 heteroatoms. The Kier molecular flexibility index (Phi) is 4.51. The third-order valence-corrected chi connectivity index (χ3v) is 6.30. The van der Waals surface area contributed by atoms with Crippen LogP contribution in [0.5, 0.6) is 0 Å². The van der Waals surface area contributed by atoms with E-state index >= 15 is 0 Å². The zero-order valence-electron chi connectivity index (χ0n) is 14.4. The second kappa shape index (κ2) is 6.98. The van der Waals surface area contributed by atoms with E-state index in [1.807, 2.05) is 30.3 Å². The summed E-state index contributed by atoms with van der Waals surface area (Å²) in [5.41, 5.74) is 1.88. The number of imidazole rings is 1. The van der Waals surface area contributed by atoms with Gasteiger partial charge in [-0.05, 0) is 17.7 Å². The molecular weight excluding hydrogens is 364 g/mol. The molecule has 0 spiro atoms. The summed E-state index contributed by atoms with van der Waals surface area (Å²) < 4.78 is 27.6. The van der Waals surface area contributed by atoms with Gasteiger partial charge in [-0.2, -0.15) is 4.31 Å². The number of fused-ring (bicyclic) bond motifs is 1. The second-order valence-electron chi connectivity index (χ2n) is 6.27. The topological polar surface area (TPSA) is 86.4 Å². The van der Waals surface area contributed by atoms with Gasteiger partial charge in [0.15, 0.2) is 0 Å². The highest BCUT2D eigenvalue weighted by atomic mass is 32.2. The van der Waals surface area contributed by atoms with Crippen LogP contribution in [-0.4, -0.2) is 35.1 Å². The maximum atomic E-state index is 13.2. The van der Waals surface area contributed by atoms with E-state index in [1.54, 1.807) is 30.5 Å². The quantitative estimate of drug-likeness (QED) is 0.749. The van der Waals surface area contributed by atoms with Gasteiger partial charge in [-0.1, -0.05) is 42.5 Å². The molecule has 1 aliphatic rings. The van der Waals surface area contributed by atoms with Crippen molar-refractivity contribution < 1.29 is 13.2 Å². The van der Waals surface area contributed by atoms with Gasteiger partial charge < -0.3 is 9.88 Å². The van der Waals surface area contributed by atoms with Crippen LogP contribution < -0.4 is 4.90 Å². The van der Waals surface area contributed by atoms with Gasteiger partial charge >= 0.3 is 0 Å². The zero-order valence-corrected chi connectivity index (χ0v) is 15.3. The molecule has 3 aromatic rings. The predicted octanol–water partition coefficient (Wildman–Crippen LogP) is 2.15. The number of carbonyl (C=O) groups excluding carboxylic acids is 1. The van der Waals surface area contributed by atoms with Crippen LogP contribution in [-0.2, 0) is 27.9 Å². The number of anilines is 1. The molecule has 2 aromatic carbocycles. The van der Waals surface area contributed by atoms with E-state index in [9.17, 15) is 13.2 Å². The van der Waals surface area contributed by atoms with Gasteiger partial charge in [-0.25, -0.2) is 13.4 Å². The first-order chi connectivity index (χ1) is 13.1. The third kappa shape index (κ3) is 3.36. The van der Waals surface area contributed by atoms with Crippen LogP contribution >= 0.6 is 0 Å². The highest BCUT2D eigenvalue weighted by Crippen LogP contribution is 2.32. The summed E-state index contributed by atoms with van der Waals surface area (Å²) in [6, 6.07) is 16.1. The summed E-state index contributed by atoms with van der Waals surface area (Å²) in [5, 5.41) is 0. The Morgan fingerprint density at radius 1 is 1.00 bits per heavy atom. The van der Waals surface area contributed by atoms with Crippen LogP contribution in [0, 0.1) is 0 Å². The summed E-state index contributed by atoms with van der Waals surface area (Å²) in [6.45, 7) is 0.101. The number of hydrogen-bond acceptors (Lipinski definition) is 4. The standard InChI is InChI=1S/C19H18N4O3S/c24-19-13-22(12-16-10-20-14-21-16)27(25,26)18-9-5-4-8-17(18)23(19)11-15-6-2-1-3-7-15/h1-10,14H,11-13H2,(H,20,21). The zero-order chi connectivity index (χ0) is 18.9. The molecule has 4 rings (SSSR count). The van der Waals surface area contributed by atoms with Gasteiger partial charge in [0.1, 0.15) is 4.90 Å². The number of rotatable bonds is 4. The summed E-state index contributed by atoms with van der Waals surface area (Å²) in [5.74, 6) is -0.275. The van der Waals surface area contributed by atoms with E-state index in [4.69, 9.17) is 0 Å². The molecule has 0 saturated carbocycles. The Hall–Kier alpha value is -2.97. The minimum Gasteiger partial charge on any atom is -0.351 e. The number of aromatic nitrogens is 2. The lowest BCUT2D eigenvalue weighted by Crippen LogP contribution is -2.38. The average molecular weight is 382 g/mol. The van der Waals surface area contributed by atoms with Gasteiger partial charge in [0.25, 0.3) is 0 Å². The Bertz CT molecular complexity index is 1050. The fraction of sp³-hybridized carbons (Fsp3) is 0.158. The minimum absolute atomic E-state index is 0.0328. The molecule has 0 fully saturated rings. The van der Waals surface area contributed by atoms with E-state index in [2.05, 4.69) is 9.97 Å². The van der Waals surface area contributed by atoms with Gasteiger partial charge in [0, 0.05) is 6.20 Å². The number of sulfonamides is 1. The smallest absolute Gasteiger partial charge is 0.245 e. The highest BCUT2D eigenvalue weighted by molar-refractivity contribution is 7.89. The van der Waals surface area contributed by atoms with Gasteiger partial charge in [0.05, 0.1) is 37.3 Å². The number of para-hydroxylation sites is 1. The second-order valence-corrected chi connectivity index (χ2v) is 8.17. The van der Waals surface area contributed by atoms with E-state index < -0.39 is 10.0 Å². The molecule has 0 atom stereocenters. The van der Waals surface area contributed by atoms with Crippen LogP contribution in [0.3, 0.4) is 0 Å². The molecule has 27 heavy (non-hydrogen) atoms. The van der Waals surface area contributed by atoms with Crippen LogP contribution in [0.15, 0.2) is 72.0 Å². The first-order valence-electron chi connectivity index (χ1n) is 8.47. The highest BCUT2D eigenvalue weighted by Gasteiger charge is 2.36. The largest absolute Gasteiger partial charge is 0.351 e. The summed E-state index contributed by atoms with van der Waals surface area (Å²) in [6.07, 6.45) is 3.11. The first-order valence-corrected chi connectivity index (χ1v) is 9.91. The molecule has 1 aromatic heterocycles. The maximum absolute atomic E-state index is 13.2. The van der Waals surface area contributed by atoms with E-state index in [0.29, 0.717) is 17.9 Å². The number of nitrogens with one attached hydrogen (secondary N) is 1. The molecule has 0 bridgehead atoms. The Balaban J connectivity index is 1.77. The molecule has 1 N–H and O–H groups in total. The van der Waals surface area contributed by atoms with Crippen molar-refractivity contribution in [3.8, 4) is 0 Å². The summed E-state index contributed by atoms with van der Waals surface area (Å²) >= 11 is 0. The van der Waals surface area contributed by atoms with Crippen molar-refractivity contribution >= 4 is 21.6 Å². The minimum atomic E-state index is -3.84. The van der Waals surface area contributed by atoms with Crippen molar-refractivity contribution in [2.75, 3.05) is 11.4 Å². The van der Waals surface area contributed by atoms with Crippen LogP contribution in [0.25, 0.3) is 0 Å². The lowest BCUT2D eigenvalue weighted by Gasteiger charge is -2.22. The molecule has 1 amide bonds. The van der Waals surface area contributed by atoms with Crippen molar-refractivity contribution in [2.45, 2.75) is 18.0 Å². The molecule has 0 radical (unpaired) electrons. The number of hydrogen-bond donors (Lipinski definition) is 1. The van der Waals surface area contributed by atoms with E-state index in [0.717, 1.165) is 5.56 Å².